The van der Waals surface area contributed by atoms with E-state index in [0.717, 1.165) is 30.8 Å². The lowest BCUT2D eigenvalue weighted by atomic mass is 10.0. The van der Waals surface area contributed by atoms with E-state index < -0.39 is 0 Å². The first-order valence-corrected chi connectivity index (χ1v) is 8.10. The molecule has 122 valence electrons. The highest BCUT2D eigenvalue weighted by Crippen LogP contribution is 2.36. The van der Waals surface area contributed by atoms with Crippen LogP contribution in [-0.4, -0.2) is 27.1 Å². The van der Waals surface area contributed by atoms with Crippen molar-refractivity contribution < 1.29 is 4.79 Å². The van der Waals surface area contributed by atoms with E-state index in [1.54, 1.807) is 6.07 Å². The molecule has 0 saturated carbocycles. The summed E-state index contributed by atoms with van der Waals surface area (Å²) in [6, 6.07) is 8.04. The molecule has 2 aromatic rings. The number of nitrogens with two attached hydrogens (primary N) is 1. The van der Waals surface area contributed by atoms with Gasteiger partial charge in [-0.25, -0.2) is 0 Å². The molecule has 1 aliphatic heterocycles. The van der Waals surface area contributed by atoms with Crippen molar-refractivity contribution in [1.82, 2.24) is 14.7 Å². The van der Waals surface area contributed by atoms with Gasteiger partial charge in [-0.3, -0.25) is 14.4 Å². The highest BCUT2D eigenvalue weighted by atomic mass is 16.1. The smallest absolute Gasteiger partial charge is 0.248 e. The molecule has 1 aliphatic rings. The summed E-state index contributed by atoms with van der Waals surface area (Å²) in [4.78, 5) is 13.8. The second-order valence-electron chi connectivity index (χ2n) is 6.40. The van der Waals surface area contributed by atoms with Gasteiger partial charge >= 0.3 is 0 Å². The van der Waals surface area contributed by atoms with E-state index in [4.69, 9.17) is 5.73 Å². The fourth-order valence-corrected chi connectivity index (χ4v) is 3.67. The predicted octanol–water partition coefficient (Wildman–Crippen LogP) is 2.47. The van der Waals surface area contributed by atoms with Crippen molar-refractivity contribution in [2.75, 3.05) is 6.54 Å². The van der Waals surface area contributed by atoms with Gasteiger partial charge in [-0.05, 0) is 50.9 Å². The van der Waals surface area contributed by atoms with E-state index in [-0.39, 0.29) is 5.91 Å². The van der Waals surface area contributed by atoms with Crippen LogP contribution in [-0.2, 0) is 13.6 Å². The molecular weight excluding hydrogens is 288 g/mol. The number of benzene rings is 1. The quantitative estimate of drug-likeness (QED) is 0.943. The number of likely N-dealkylation sites (tertiary alicyclic amines) is 1. The van der Waals surface area contributed by atoms with Crippen LogP contribution >= 0.6 is 0 Å². The van der Waals surface area contributed by atoms with Crippen LogP contribution in [0, 0.1) is 13.8 Å². The Morgan fingerprint density at radius 1 is 1.39 bits per heavy atom. The number of amides is 1. The highest BCUT2D eigenvalue weighted by Gasteiger charge is 2.30. The normalized spacial score (nSPS) is 18.5. The summed E-state index contributed by atoms with van der Waals surface area (Å²) in [7, 11) is 2.00. The fraction of sp³-hybridized carbons (Fsp3) is 0.444. The predicted molar refractivity (Wildman–Crippen MR) is 90.0 cm³/mol. The molecular formula is C18H24N4O. The summed E-state index contributed by atoms with van der Waals surface area (Å²) < 4.78 is 1.97. The average Bonchev–Trinajstić information content (AvgIpc) is 3.04. The van der Waals surface area contributed by atoms with Crippen LogP contribution in [0.3, 0.4) is 0 Å². The Morgan fingerprint density at radius 2 is 2.17 bits per heavy atom. The maximum Gasteiger partial charge on any atom is 0.248 e. The zero-order valence-electron chi connectivity index (χ0n) is 14.0. The van der Waals surface area contributed by atoms with Crippen molar-refractivity contribution in [3.05, 3.63) is 52.3 Å². The lowest BCUT2D eigenvalue weighted by Crippen LogP contribution is -2.24. The Labute approximate surface area is 137 Å². The molecule has 2 heterocycles. The third kappa shape index (κ3) is 3.01. The van der Waals surface area contributed by atoms with Crippen LogP contribution in [0.25, 0.3) is 0 Å². The maximum absolute atomic E-state index is 11.4. The van der Waals surface area contributed by atoms with Crippen LogP contribution in [0.15, 0.2) is 24.3 Å². The minimum absolute atomic E-state index is 0.372. The largest absolute Gasteiger partial charge is 0.366 e. The molecule has 1 aromatic heterocycles. The first-order chi connectivity index (χ1) is 11.0. The maximum atomic E-state index is 11.4. The van der Waals surface area contributed by atoms with Gasteiger partial charge in [0, 0.05) is 36.5 Å². The number of nitrogens with zero attached hydrogens (tertiary/aromatic N) is 3. The van der Waals surface area contributed by atoms with Gasteiger partial charge < -0.3 is 5.73 Å². The molecule has 1 aromatic carbocycles. The third-order valence-corrected chi connectivity index (χ3v) is 4.86. The van der Waals surface area contributed by atoms with E-state index >= 15 is 0 Å². The second kappa shape index (κ2) is 6.16. The van der Waals surface area contributed by atoms with Crippen molar-refractivity contribution in [1.29, 1.82) is 0 Å². The molecule has 3 rings (SSSR count). The Balaban J connectivity index is 1.85. The average molecular weight is 312 g/mol. The topological polar surface area (TPSA) is 64.2 Å². The molecule has 1 amide bonds. The van der Waals surface area contributed by atoms with Crippen LogP contribution < -0.4 is 5.73 Å². The molecule has 5 heteroatoms. The summed E-state index contributed by atoms with van der Waals surface area (Å²) in [5.41, 5.74) is 10.8. The number of aromatic nitrogens is 2. The number of primary amides is 1. The van der Waals surface area contributed by atoms with Gasteiger partial charge in [-0.2, -0.15) is 5.10 Å². The molecule has 0 radical (unpaired) electrons. The van der Waals surface area contributed by atoms with Gasteiger partial charge in [0.05, 0.1) is 5.69 Å². The molecule has 0 spiro atoms. The number of rotatable bonds is 4. The Morgan fingerprint density at radius 3 is 2.83 bits per heavy atom. The van der Waals surface area contributed by atoms with Crippen molar-refractivity contribution in [2.45, 2.75) is 39.3 Å². The van der Waals surface area contributed by atoms with Crippen molar-refractivity contribution in [3.8, 4) is 0 Å². The summed E-state index contributed by atoms with van der Waals surface area (Å²) in [5, 5.41) is 4.56. The highest BCUT2D eigenvalue weighted by molar-refractivity contribution is 5.92. The van der Waals surface area contributed by atoms with E-state index in [9.17, 15) is 4.79 Å². The van der Waals surface area contributed by atoms with Crippen LogP contribution in [0.2, 0.25) is 0 Å². The van der Waals surface area contributed by atoms with Crippen molar-refractivity contribution >= 4 is 5.91 Å². The number of carbonyl (C=O) groups excluding carboxylic acids is 1. The van der Waals surface area contributed by atoms with E-state index in [1.807, 2.05) is 23.9 Å². The number of hydrogen-bond acceptors (Lipinski definition) is 3. The molecule has 1 saturated heterocycles. The molecule has 23 heavy (non-hydrogen) atoms. The van der Waals surface area contributed by atoms with Crippen molar-refractivity contribution in [2.24, 2.45) is 12.8 Å². The van der Waals surface area contributed by atoms with Gasteiger partial charge in [-0.1, -0.05) is 12.1 Å². The summed E-state index contributed by atoms with van der Waals surface area (Å²) in [6.45, 7) is 6.13. The Bertz CT molecular complexity index is 735. The SMILES string of the molecule is Cc1nn(C)c(C)c1[C@@H]1CCCN1Cc1cccc(C(N)=O)c1. The van der Waals surface area contributed by atoms with Gasteiger partial charge in [0.2, 0.25) is 5.91 Å². The Hall–Kier alpha value is -2.14. The summed E-state index contributed by atoms with van der Waals surface area (Å²) >= 11 is 0. The standard InChI is InChI=1S/C18H24N4O/c1-12-17(13(2)21(3)20-12)16-8-5-9-22(16)11-14-6-4-7-15(10-14)18(19)23/h4,6-7,10,16H,5,8-9,11H2,1-3H3,(H2,19,23)/t16-/m0/s1. The minimum Gasteiger partial charge on any atom is -0.366 e. The van der Waals surface area contributed by atoms with E-state index in [0.29, 0.717) is 11.6 Å². The van der Waals surface area contributed by atoms with Crippen LogP contribution in [0.5, 0.6) is 0 Å². The summed E-state index contributed by atoms with van der Waals surface area (Å²) in [5.74, 6) is -0.372. The van der Waals surface area contributed by atoms with Crippen LogP contribution in [0.1, 0.15) is 51.8 Å². The molecule has 0 bridgehead atoms. The van der Waals surface area contributed by atoms with Gasteiger partial charge in [0.25, 0.3) is 0 Å². The second-order valence-corrected chi connectivity index (χ2v) is 6.40. The molecule has 1 fully saturated rings. The third-order valence-electron chi connectivity index (χ3n) is 4.86. The van der Waals surface area contributed by atoms with Gasteiger partial charge in [0.1, 0.15) is 0 Å². The fourth-order valence-electron chi connectivity index (χ4n) is 3.67. The number of aryl methyl sites for hydroxylation is 2. The molecule has 5 nitrogen and oxygen atoms in total. The first kappa shape index (κ1) is 15.7. The van der Waals surface area contributed by atoms with Gasteiger partial charge in [0.15, 0.2) is 0 Å². The molecule has 1 atom stereocenters. The molecule has 0 unspecified atom stereocenters. The zero-order valence-corrected chi connectivity index (χ0v) is 14.0. The van der Waals surface area contributed by atoms with Crippen molar-refractivity contribution in [3.63, 3.8) is 0 Å². The first-order valence-electron chi connectivity index (χ1n) is 8.10. The summed E-state index contributed by atoms with van der Waals surface area (Å²) in [6.07, 6.45) is 2.34. The van der Waals surface area contributed by atoms with Crippen LogP contribution in [0.4, 0.5) is 0 Å². The zero-order chi connectivity index (χ0) is 16.6. The monoisotopic (exact) mass is 312 g/mol. The number of hydrogen-bond donors (Lipinski definition) is 1. The molecule has 0 aliphatic carbocycles. The molecule has 2 N–H and O–H groups in total. The number of carbonyl (C=O) groups is 1. The van der Waals surface area contributed by atoms with Gasteiger partial charge in [-0.15, -0.1) is 0 Å². The lowest BCUT2D eigenvalue weighted by Gasteiger charge is -2.25. The lowest BCUT2D eigenvalue weighted by molar-refractivity contribution is 0.1000. The minimum atomic E-state index is -0.372. The van der Waals surface area contributed by atoms with E-state index in [1.165, 1.54) is 17.7 Å². The van der Waals surface area contributed by atoms with E-state index in [2.05, 4.69) is 29.9 Å². The Kier molecular flexibility index (Phi) is 4.22.